The average molecular weight is 332 g/mol. The molecule has 0 radical (unpaired) electrons. The zero-order chi connectivity index (χ0) is 16.7. The summed E-state index contributed by atoms with van der Waals surface area (Å²) >= 11 is 0. The number of nitrogens with zero attached hydrogens (tertiary/aromatic N) is 1. The summed E-state index contributed by atoms with van der Waals surface area (Å²) in [4.78, 5) is 26.4. The van der Waals surface area contributed by atoms with E-state index < -0.39 is 11.9 Å². The van der Waals surface area contributed by atoms with Gasteiger partial charge in [-0.1, -0.05) is 6.07 Å². The number of carbonyl (C=O) groups is 2. The number of amides is 2. The Bertz CT molecular complexity index is 674. The van der Waals surface area contributed by atoms with Crippen LogP contribution in [-0.4, -0.2) is 54.9 Å². The van der Waals surface area contributed by atoms with Gasteiger partial charge in [-0.25, -0.2) is 0 Å². The molecule has 1 spiro atoms. The van der Waals surface area contributed by atoms with Crippen molar-refractivity contribution in [3.63, 3.8) is 0 Å². The zero-order valence-electron chi connectivity index (χ0n) is 13.5. The minimum atomic E-state index is -0.614. The van der Waals surface area contributed by atoms with Gasteiger partial charge in [-0.05, 0) is 19.1 Å². The molecule has 3 aliphatic rings. The molecule has 2 fully saturated rings. The normalized spacial score (nSPS) is 25.1. The van der Waals surface area contributed by atoms with Crippen LogP contribution < -0.4 is 10.1 Å². The topological polar surface area (TPSA) is 77.1 Å². The third-order valence-electron chi connectivity index (χ3n) is 4.79. The summed E-state index contributed by atoms with van der Waals surface area (Å²) in [7, 11) is 0. The lowest BCUT2D eigenvalue weighted by Crippen LogP contribution is -2.47. The predicted molar refractivity (Wildman–Crippen MR) is 84.9 cm³/mol. The maximum absolute atomic E-state index is 12.9. The second-order valence-corrected chi connectivity index (χ2v) is 6.33. The number of nitrogens with one attached hydrogen (secondary N) is 1. The molecular formula is C17H20N2O5. The Morgan fingerprint density at radius 2 is 1.96 bits per heavy atom. The number of ether oxygens (including phenoxy) is 3. The first-order valence-corrected chi connectivity index (χ1v) is 8.26. The molecule has 1 unspecified atom stereocenters. The first-order valence-electron chi connectivity index (χ1n) is 8.26. The highest BCUT2D eigenvalue weighted by molar-refractivity contribution is 6.04. The van der Waals surface area contributed by atoms with Crippen molar-refractivity contribution in [2.75, 3.05) is 31.6 Å². The molecule has 128 valence electrons. The summed E-state index contributed by atoms with van der Waals surface area (Å²) in [6, 6.07) is 5.22. The van der Waals surface area contributed by atoms with Crippen molar-refractivity contribution in [3.8, 4) is 5.75 Å². The predicted octanol–water partition coefficient (Wildman–Crippen LogP) is 1.39. The van der Waals surface area contributed by atoms with E-state index in [0.717, 1.165) is 0 Å². The monoisotopic (exact) mass is 332 g/mol. The van der Waals surface area contributed by atoms with Crippen molar-refractivity contribution < 1.29 is 23.8 Å². The van der Waals surface area contributed by atoms with Crippen LogP contribution in [0.25, 0.3) is 0 Å². The van der Waals surface area contributed by atoms with Crippen LogP contribution in [0.15, 0.2) is 18.2 Å². The highest BCUT2D eigenvalue weighted by Crippen LogP contribution is 2.36. The van der Waals surface area contributed by atoms with E-state index >= 15 is 0 Å². The zero-order valence-corrected chi connectivity index (χ0v) is 13.5. The molecule has 0 bridgehead atoms. The molecule has 2 saturated heterocycles. The molecule has 0 saturated carbocycles. The van der Waals surface area contributed by atoms with Gasteiger partial charge in [0.25, 0.3) is 11.8 Å². The first kappa shape index (κ1) is 15.4. The first-order chi connectivity index (χ1) is 11.6. The van der Waals surface area contributed by atoms with Gasteiger partial charge in [-0.2, -0.15) is 0 Å². The van der Waals surface area contributed by atoms with Crippen LogP contribution in [0.4, 0.5) is 5.69 Å². The number of piperidine rings is 1. The van der Waals surface area contributed by atoms with E-state index in [1.807, 2.05) is 0 Å². The van der Waals surface area contributed by atoms with Crippen molar-refractivity contribution in [2.45, 2.75) is 31.7 Å². The molecule has 1 aromatic carbocycles. The Morgan fingerprint density at radius 3 is 2.67 bits per heavy atom. The van der Waals surface area contributed by atoms with E-state index in [2.05, 4.69) is 5.32 Å². The quantitative estimate of drug-likeness (QED) is 0.841. The number of para-hydroxylation sites is 1. The lowest BCUT2D eigenvalue weighted by Gasteiger charge is -2.38. The van der Waals surface area contributed by atoms with Crippen molar-refractivity contribution in [3.05, 3.63) is 23.8 Å². The van der Waals surface area contributed by atoms with Gasteiger partial charge in [0.1, 0.15) is 0 Å². The minimum absolute atomic E-state index is 0.0944. The third kappa shape index (κ3) is 2.53. The number of likely N-dealkylation sites (tertiary alicyclic amines) is 1. The van der Waals surface area contributed by atoms with E-state index in [0.29, 0.717) is 56.1 Å². The molecule has 1 atom stereocenters. The van der Waals surface area contributed by atoms with Crippen molar-refractivity contribution in [1.29, 1.82) is 0 Å². The van der Waals surface area contributed by atoms with Crippen molar-refractivity contribution >= 4 is 17.5 Å². The maximum Gasteiger partial charge on any atom is 0.265 e. The minimum Gasteiger partial charge on any atom is -0.478 e. The molecule has 7 heteroatoms. The number of hydrogen-bond donors (Lipinski definition) is 1. The van der Waals surface area contributed by atoms with Gasteiger partial charge in [0, 0.05) is 25.9 Å². The molecule has 0 aliphatic carbocycles. The van der Waals surface area contributed by atoms with E-state index in [4.69, 9.17) is 14.2 Å². The molecule has 24 heavy (non-hydrogen) atoms. The number of hydrogen-bond acceptors (Lipinski definition) is 5. The second kappa shape index (κ2) is 5.75. The number of anilines is 1. The summed E-state index contributed by atoms with van der Waals surface area (Å²) in [5, 5.41) is 2.77. The summed E-state index contributed by atoms with van der Waals surface area (Å²) in [6.45, 7) is 4.05. The number of rotatable bonds is 1. The van der Waals surface area contributed by atoms with Crippen LogP contribution in [0.3, 0.4) is 0 Å². The fourth-order valence-electron chi connectivity index (χ4n) is 3.40. The third-order valence-corrected chi connectivity index (χ3v) is 4.79. The second-order valence-electron chi connectivity index (χ2n) is 6.33. The smallest absolute Gasteiger partial charge is 0.265 e. The average Bonchev–Trinajstić information content (AvgIpc) is 3.04. The Hall–Kier alpha value is -2.12. The largest absolute Gasteiger partial charge is 0.478 e. The van der Waals surface area contributed by atoms with Crippen LogP contribution in [-0.2, 0) is 14.3 Å². The molecule has 1 N–H and O–H groups in total. The van der Waals surface area contributed by atoms with E-state index in [9.17, 15) is 9.59 Å². The van der Waals surface area contributed by atoms with Crippen LogP contribution in [0.1, 0.15) is 30.1 Å². The van der Waals surface area contributed by atoms with E-state index in [-0.39, 0.29) is 11.8 Å². The number of benzene rings is 1. The summed E-state index contributed by atoms with van der Waals surface area (Å²) in [5.74, 6) is -0.361. The van der Waals surface area contributed by atoms with Gasteiger partial charge in [0.2, 0.25) is 0 Å². The molecule has 7 nitrogen and oxygen atoms in total. The van der Waals surface area contributed by atoms with Gasteiger partial charge in [0.05, 0.1) is 24.5 Å². The Morgan fingerprint density at radius 1 is 1.25 bits per heavy atom. The number of fused-ring (bicyclic) bond motifs is 1. The summed E-state index contributed by atoms with van der Waals surface area (Å²) in [6.07, 6.45) is 0.722. The fourth-order valence-corrected chi connectivity index (χ4v) is 3.40. The lowest BCUT2D eigenvalue weighted by atomic mass is 10.0. The highest BCUT2D eigenvalue weighted by atomic mass is 16.7. The van der Waals surface area contributed by atoms with Gasteiger partial charge < -0.3 is 24.4 Å². The van der Waals surface area contributed by atoms with Crippen LogP contribution in [0.5, 0.6) is 5.75 Å². The molecule has 2 amide bonds. The van der Waals surface area contributed by atoms with Crippen molar-refractivity contribution in [2.24, 2.45) is 0 Å². The summed E-state index contributed by atoms with van der Waals surface area (Å²) < 4.78 is 17.1. The van der Waals surface area contributed by atoms with Crippen LogP contribution >= 0.6 is 0 Å². The Labute approximate surface area is 139 Å². The number of carbonyl (C=O) groups excluding carboxylic acids is 2. The molecule has 3 aliphatic heterocycles. The van der Waals surface area contributed by atoms with Crippen LogP contribution in [0, 0.1) is 0 Å². The highest BCUT2D eigenvalue weighted by Gasteiger charge is 2.41. The van der Waals surface area contributed by atoms with E-state index in [1.165, 1.54) is 0 Å². The molecule has 3 heterocycles. The standard InChI is InChI=1S/C17H20N2O5/c1-11-15(20)18-13-4-2-3-12(14(13)24-11)16(21)19-7-5-17(6-8-19)22-9-10-23-17/h2-4,11H,5-10H2,1H3,(H,18,20). The van der Waals surface area contributed by atoms with Gasteiger partial charge in [-0.3, -0.25) is 9.59 Å². The molecule has 0 aromatic heterocycles. The molecule has 4 rings (SSSR count). The Balaban J connectivity index is 1.53. The lowest BCUT2D eigenvalue weighted by molar-refractivity contribution is -0.181. The molecule has 1 aromatic rings. The van der Waals surface area contributed by atoms with E-state index in [1.54, 1.807) is 30.0 Å². The Kier molecular flexibility index (Phi) is 3.69. The molecular weight excluding hydrogens is 312 g/mol. The van der Waals surface area contributed by atoms with Crippen LogP contribution in [0.2, 0.25) is 0 Å². The maximum atomic E-state index is 12.9. The summed E-state index contributed by atoms with van der Waals surface area (Å²) in [5.41, 5.74) is 1.02. The fraction of sp³-hybridized carbons (Fsp3) is 0.529. The van der Waals surface area contributed by atoms with Gasteiger partial charge >= 0.3 is 0 Å². The SMILES string of the molecule is CC1Oc2c(cccc2C(=O)N2CCC3(CC2)OCCO3)NC1=O. The van der Waals surface area contributed by atoms with Gasteiger partial charge in [-0.15, -0.1) is 0 Å². The van der Waals surface area contributed by atoms with Crippen molar-refractivity contribution in [1.82, 2.24) is 4.90 Å². The van der Waals surface area contributed by atoms with Gasteiger partial charge in [0.15, 0.2) is 17.6 Å².